The number of carbonyl (C=O) groups is 2. The van der Waals surface area contributed by atoms with Crippen molar-refractivity contribution < 1.29 is 22.7 Å². The molecule has 0 aliphatic carbocycles. The molecule has 2 amide bonds. The van der Waals surface area contributed by atoms with E-state index in [-0.39, 0.29) is 17.3 Å². The van der Waals surface area contributed by atoms with Gasteiger partial charge in [-0.1, -0.05) is 67.8 Å². The lowest BCUT2D eigenvalue weighted by Gasteiger charge is -2.33. The summed E-state index contributed by atoms with van der Waals surface area (Å²) >= 11 is 0. The van der Waals surface area contributed by atoms with E-state index in [1.807, 2.05) is 52.0 Å². The molecule has 0 aliphatic heterocycles. The number of amides is 2. The van der Waals surface area contributed by atoms with E-state index >= 15 is 0 Å². The SMILES string of the molecule is CCCCNC(=O)[C@H](CC)N(Cc1cccc(C)c1)C(=O)CN(c1ccc(C)cc1)S(=O)(=O)c1ccc(OC)cc1. The smallest absolute Gasteiger partial charge is 0.264 e. The summed E-state index contributed by atoms with van der Waals surface area (Å²) in [5.41, 5.74) is 3.20. The normalized spacial score (nSPS) is 11.9. The molecule has 0 fully saturated rings. The van der Waals surface area contributed by atoms with Crippen LogP contribution in [0.5, 0.6) is 5.75 Å². The van der Waals surface area contributed by atoms with Crippen molar-refractivity contribution in [2.24, 2.45) is 0 Å². The highest BCUT2D eigenvalue weighted by atomic mass is 32.2. The van der Waals surface area contributed by atoms with Crippen LogP contribution in [0.1, 0.15) is 49.8 Å². The molecule has 1 N–H and O–H groups in total. The maximum Gasteiger partial charge on any atom is 0.264 e. The highest BCUT2D eigenvalue weighted by Gasteiger charge is 2.33. The first-order valence-corrected chi connectivity index (χ1v) is 15.4. The molecule has 9 heteroatoms. The number of hydrogen-bond donors (Lipinski definition) is 1. The molecular weight excluding hydrogens is 538 g/mol. The Hall–Kier alpha value is -3.85. The third kappa shape index (κ3) is 8.33. The number of ether oxygens (including phenoxy) is 1. The zero-order valence-electron chi connectivity index (χ0n) is 24.6. The van der Waals surface area contributed by atoms with Crippen LogP contribution < -0.4 is 14.4 Å². The van der Waals surface area contributed by atoms with E-state index in [4.69, 9.17) is 4.74 Å². The number of aryl methyl sites for hydroxylation is 2. The van der Waals surface area contributed by atoms with Gasteiger partial charge in [0.15, 0.2) is 0 Å². The van der Waals surface area contributed by atoms with Crippen LogP contribution in [0.15, 0.2) is 77.7 Å². The number of hydrogen-bond acceptors (Lipinski definition) is 5. The van der Waals surface area contributed by atoms with Gasteiger partial charge in [-0.25, -0.2) is 8.42 Å². The van der Waals surface area contributed by atoms with Crippen molar-refractivity contribution in [2.75, 3.05) is 24.5 Å². The number of rotatable bonds is 14. The average molecular weight is 580 g/mol. The summed E-state index contributed by atoms with van der Waals surface area (Å²) in [5, 5.41) is 2.95. The standard InChI is InChI=1S/C32H41N3O5S/c1-6-8-20-33-32(37)30(7-2)34(22-26-11-9-10-25(4)21-26)31(36)23-35(27-14-12-24(3)13-15-27)41(38,39)29-18-16-28(40-5)17-19-29/h9-19,21,30H,6-8,20,22-23H2,1-5H3,(H,33,37)/t30-/m0/s1. The predicted octanol–water partition coefficient (Wildman–Crippen LogP) is 5.23. The molecule has 0 saturated heterocycles. The maximum absolute atomic E-state index is 14.1. The van der Waals surface area contributed by atoms with Crippen LogP contribution >= 0.6 is 0 Å². The Morgan fingerprint density at radius 2 is 1.61 bits per heavy atom. The molecular formula is C32H41N3O5S. The Kier molecular flexibility index (Phi) is 11.3. The predicted molar refractivity (Wildman–Crippen MR) is 162 cm³/mol. The molecule has 0 unspecified atom stereocenters. The Morgan fingerprint density at radius 1 is 0.927 bits per heavy atom. The van der Waals surface area contributed by atoms with Crippen LogP contribution in [0.4, 0.5) is 5.69 Å². The van der Waals surface area contributed by atoms with Crippen molar-refractivity contribution in [2.45, 2.75) is 64.4 Å². The molecule has 3 rings (SSSR count). The second kappa shape index (κ2) is 14.7. The number of benzene rings is 3. The molecule has 3 aromatic rings. The number of anilines is 1. The summed E-state index contributed by atoms with van der Waals surface area (Å²) in [6.07, 6.45) is 2.14. The van der Waals surface area contributed by atoms with Gasteiger partial charge in [0.1, 0.15) is 18.3 Å². The summed E-state index contributed by atoms with van der Waals surface area (Å²) in [5.74, 6) is -0.199. The van der Waals surface area contributed by atoms with Crippen LogP contribution in [0, 0.1) is 13.8 Å². The highest BCUT2D eigenvalue weighted by molar-refractivity contribution is 7.92. The molecule has 0 aliphatic rings. The van der Waals surface area contributed by atoms with Crippen molar-refractivity contribution in [3.05, 3.63) is 89.5 Å². The molecule has 0 spiro atoms. The van der Waals surface area contributed by atoms with E-state index in [1.54, 1.807) is 36.4 Å². The quantitative estimate of drug-likeness (QED) is 0.264. The molecule has 41 heavy (non-hydrogen) atoms. The molecule has 0 saturated carbocycles. The fourth-order valence-electron chi connectivity index (χ4n) is 4.55. The van der Waals surface area contributed by atoms with Gasteiger partial charge in [0.2, 0.25) is 11.8 Å². The Labute approximate surface area is 244 Å². The third-order valence-corrected chi connectivity index (χ3v) is 8.69. The number of carbonyl (C=O) groups excluding carboxylic acids is 2. The van der Waals surface area contributed by atoms with E-state index in [9.17, 15) is 18.0 Å². The fourth-order valence-corrected chi connectivity index (χ4v) is 5.96. The number of sulfonamides is 1. The van der Waals surface area contributed by atoms with Crippen LogP contribution in [-0.2, 0) is 26.2 Å². The number of unbranched alkanes of at least 4 members (excludes halogenated alkanes) is 1. The first-order valence-electron chi connectivity index (χ1n) is 14.0. The Morgan fingerprint density at radius 3 is 2.20 bits per heavy atom. The molecule has 0 radical (unpaired) electrons. The van der Waals surface area contributed by atoms with E-state index in [0.29, 0.717) is 24.4 Å². The topological polar surface area (TPSA) is 96.0 Å². The van der Waals surface area contributed by atoms with Crippen LogP contribution in [0.3, 0.4) is 0 Å². The fraction of sp³-hybridized carbons (Fsp3) is 0.375. The van der Waals surface area contributed by atoms with Crippen molar-refractivity contribution in [3.8, 4) is 5.75 Å². The number of methoxy groups -OCH3 is 1. The first kappa shape index (κ1) is 31.7. The van der Waals surface area contributed by atoms with Crippen molar-refractivity contribution in [1.82, 2.24) is 10.2 Å². The van der Waals surface area contributed by atoms with Gasteiger partial charge in [0.25, 0.3) is 10.0 Å². The summed E-state index contributed by atoms with van der Waals surface area (Å²) in [7, 11) is -2.63. The summed E-state index contributed by atoms with van der Waals surface area (Å²) in [6, 6.07) is 20.0. The van der Waals surface area contributed by atoms with Gasteiger partial charge in [-0.2, -0.15) is 0 Å². The van der Waals surface area contributed by atoms with E-state index < -0.39 is 28.5 Å². The van der Waals surface area contributed by atoms with Gasteiger partial charge in [-0.3, -0.25) is 13.9 Å². The lowest BCUT2D eigenvalue weighted by atomic mass is 10.1. The summed E-state index contributed by atoms with van der Waals surface area (Å²) in [4.78, 5) is 28.9. The second-order valence-electron chi connectivity index (χ2n) is 10.1. The molecule has 220 valence electrons. The first-order chi connectivity index (χ1) is 19.6. The molecule has 0 aromatic heterocycles. The molecule has 0 bridgehead atoms. The van der Waals surface area contributed by atoms with Crippen LogP contribution in [-0.4, -0.2) is 51.4 Å². The zero-order valence-corrected chi connectivity index (χ0v) is 25.4. The number of nitrogens with one attached hydrogen (secondary N) is 1. The van der Waals surface area contributed by atoms with Gasteiger partial charge in [0, 0.05) is 13.1 Å². The second-order valence-corrected chi connectivity index (χ2v) is 12.0. The van der Waals surface area contributed by atoms with Gasteiger partial charge < -0.3 is 15.0 Å². The minimum absolute atomic E-state index is 0.0289. The van der Waals surface area contributed by atoms with Gasteiger partial charge in [0.05, 0.1) is 17.7 Å². The third-order valence-electron chi connectivity index (χ3n) is 6.90. The number of nitrogens with zero attached hydrogens (tertiary/aromatic N) is 2. The van der Waals surface area contributed by atoms with Crippen LogP contribution in [0.2, 0.25) is 0 Å². The molecule has 0 heterocycles. The molecule has 3 aromatic carbocycles. The van der Waals surface area contributed by atoms with Crippen LogP contribution in [0.25, 0.3) is 0 Å². The Bertz CT molecular complexity index is 1410. The maximum atomic E-state index is 14.1. The van der Waals surface area contributed by atoms with E-state index in [1.165, 1.54) is 24.1 Å². The molecule has 8 nitrogen and oxygen atoms in total. The van der Waals surface area contributed by atoms with Gasteiger partial charge >= 0.3 is 0 Å². The largest absolute Gasteiger partial charge is 0.497 e. The summed E-state index contributed by atoms with van der Waals surface area (Å²) in [6.45, 7) is 7.98. The van der Waals surface area contributed by atoms with E-state index in [2.05, 4.69) is 5.32 Å². The molecule has 1 atom stereocenters. The minimum atomic E-state index is -4.14. The average Bonchev–Trinajstić information content (AvgIpc) is 2.96. The lowest BCUT2D eigenvalue weighted by molar-refractivity contribution is -0.140. The summed E-state index contributed by atoms with van der Waals surface area (Å²) < 4.78 is 34.2. The minimum Gasteiger partial charge on any atom is -0.497 e. The lowest BCUT2D eigenvalue weighted by Crippen LogP contribution is -2.52. The van der Waals surface area contributed by atoms with Crippen molar-refractivity contribution in [1.29, 1.82) is 0 Å². The van der Waals surface area contributed by atoms with Crippen molar-refractivity contribution in [3.63, 3.8) is 0 Å². The highest BCUT2D eigenvalue weighted by Crippen LogP contribution is 2.26. The van der Waals surface area contributed by atoms with Gasteiger partial charge in [-0.05, 0) is 68.7 Å². The van der Waals surface area contributed by atoms with E-state index in [0.717, 1.165) is 33.8 Å². The van der Waals surface area contributed by atoms with Crippen molar-refractivity contribution >= 4 is 27.5 Å². The Balaban J connectivity index is 2.03. The monoisotopic (exact) mass is 579 g/mol. The zero-order chi connectivity index (χ0) is 30.0. The van der Waals surface area contributed by atoms with Gasteiger partial charge in [-0.15, -0.1) is 0 Å².